The number of aryl methyl sites for hydroxylation is 1. The fraction of sp³-hybridized carbons (Fsp3) is 0.417. The number of nitrogens with two attached hydrogens (primary N) is 1. The first-order valence-corrected chi connectivity index (χ1v) is 22.8. The van der Waals surface area contributed by atoms with E-state index in [0.717, 1.165) is 22.2 Å². The molecule has 2 aliphatic rings. The Labute approximate surface area is 395 Å². The van der Waals surface area contributed by atoms with Crippen LogP contribution in [0.5, 0.6) is 5.75 Å². The molecule has 2 aromatic carbocycles. The molecule has 5 heterocycles. The number of rotatable bonds is 15. The Balaban J connectivity index is 1.15. The molecule has 7 rings (SSSR count). The first kappa shape index (κ1) is 49.8. The zero-order valence-electron chi connectivity index (χ0n) is 38.7. The van der Waals surface area contributed by atoms with Crippen molar-refractivity contribution in [1.82, 2.24) is 39.3 Å². The number of aliphatic hydroxyl groups excluding tert-OH is 1. The van der Waals surface area contributed by atoms with E-state index in [4.69, 9.17) is 10.7 Å². The molecule has 69 heavy (non-hydrogen) atoms. The summed E-state index contributed by atoms with van der Waals surface area (Å²) in [6.07, 6.45) is -1.95. The number of carbonyl (C=O) groups is 4. The number of nitrogens with one attached hydrogen (secondary N) is 2. The normalized spacial score (nSPS) is 15.7. The van der Waals surface area contributed by atoms with Crippen LogP contribution in [0.15, 0.2) is 77.7 Å². The third-order valence-corrected chi connectivity index (χ3v) is 12.3. The second kappa shape index (κ2) is 21.0. The average Bonchev–Trinajstić information content (AvgIpc) is 3.78. The molecule has 0 radical (unpaired) electrons. The van der Waals surface area contributed by atoms with Crippen molar-refractivity contribution < 1.29 is 42.6 Å². The van der Waals surface area contributed by atoms with Gasteiger partial charge in [0.25, 0.3) is 17.4 Å². The summed E-state index contributed by atoms with van der Waals surface area (Å²) in [6, 6.07) is 13.2. The van der Waals surface area contributed by atoms with Gasteiger partial charge < -0.3 is 45.8 Å². The van der Waals surface area contributed by atoms with Gasteiger partial charge in [0.05, 0.1) is 11.3 Å². The number of nitrogens with zero attached hydrogens (tertiary/aromatic N) is 8. The lowest BCUT2D eigenvalue weighted by Crippen LogP contribution is -2.55. The SMILES string of the molecule is CCc1c(N2CCN(C(=O)c3ncccc3O)CC2)c(=O)n2nc(C3=CCN(C(=O)[C@H](CC(C)C)NC(=O)[C@@H](O)[C@H](N)Cc4ccccc4)CC3)nc2n1CC(=O)Nc1ccc(C(F)(F)F)cc1C. The van der Waals surface area contributed by atoms with Gasteiger partial charge in [0.15, 0.2) is 11.5 Å². The minimum Gasteiger partial charge on any atom is -0.505 e. The third kappa shape index (κ3) is 11.3. The van der Waals surface area contributed by atoms with Crippen LogP contribution < -0.4 is 26.8 Å². The number of hydrogen-bond acceptors (Lipinski definition) is 12. The molecule has 0 spiro atoms. The fourth-order valence-electron chi connectivity index (χ4n) is 8.66. The molecular formula is C48H56F3N11O7. The number of fused-ring (bicyclic) bond motifs is 1. The van der Waals surface area contributed by atoms with Crippen molar-refractivity contribution in [2.75, 3.05) is 49.5 Å². The van der Waals surface area contributed by atoms with E-state index in [1.807, 2.05) is 44.2 Å². The maximum Gasteiger partial charge on any atom is 0.416 e. The Hall–Kier alpha value is -7.13. The molecule has 5 aromatic rings. The van der Waals surface area contributed by atoms with Crippen molar-refractivity contribution in [3.63, 3.8) is 0 Å². The van der Waals surface area contributed by atoms with Crippen LogP contribution in [-0.4, -0.2) is 125 Å². The van der Waals surface area contributed by atoms with Gasteiger partial charge in [0.2, 0.25) is 17.6 Å². The van der Waals surface area contributed by atoms with E-state index in [2.05, 4.69) is 20.7 Å². The number of piperazine rings is 1. The Morgan fingerprint density at radius 2 is 1.68 bits per heavy atom. The summed E-state index contributed by atoms with van der Waals surface area (Å²) in [7, 11) is 0. The number of aromatic hydroxyl groups is 1. The molecule has 21 heteroatoms. The van der Waals surface area contributed by atoms with E-state index < -0.39 is 59.8 Å². The Bertz CT molecular complexity index is 2800. The zero-order valence-corrected chi connectivity index (χ0v) is 38.7. The summed E-state index contributed by atoms with van der Waals surface area (Å²) in [4.78, 5) is 82.7. The minimum absolute atomic E-state index is 0.00630. The minimum atomic E-state index is -4.58. The van der Waals surface area contributed by atoms with Crippen molar-refractivity contribution in [3.05, 3.63) is 117 Å². The molecule has 6 N–H and O–H groups in total. The van der Waals surface area contributed by atoms with E-state index in [-0.39, 0.29) is 110 Å². The number of anilines is 2. The van der Waals surface area contributed by atoms with Crippen LogP contribution in [-0.2, 0) is 39.9 Å². The number of aromatic nitrogens is 5. The van der Waals surface area contributed by atoms with E-state index in [1.54, 1.807) is 27.4 Å². The first-order valence-electron chi connectivity index (χ1n) is 22.8. The molecule has 366 valence electrons. The summed E-state index contributed by atoms with van der Waals surface area (Å²) in [5.74, 6) is -2.27. The van der Waals surface area contributed by atoms with Crippen LogP contribution in [0.25, 0.3) is 11.4 Å². The smallest absolute Gasteiger partial charge is 0.416 e. The number of halogens is 3. The maximum atomic E-state index is 14.6. The van der Waals surface area contributed by atoms with Gasteiger partial charge in [-0.3, -0.25) is 24.0 Å². The summed E-state index contributed by atoms with van der Waals surface area (Å²) >= 11 is 0. The van der Waals surface area contributed by atoms with E-state index in [9.17, 15) is 47.4 Å². The Kier molecular flexibility index (Phi) is 15.2. The lowest BCUT2D eigenvalue weighted by Gasteiger charge is -2.36. The summed E-state index contributed by atoms with van der Waals surface area (Å²) < 4.78 is 43.0. The molecule has 0 bridgehead atoms. The van der Waals surface area contributed by atoms with E-state index in [1.165, 1.54) is 36.2 Å². The van der Waals surface area contributed by atoms with Crippen LogP contribution >= 0.6 is 0 Å². The molecule has 0 unspecified atom stereocenters. The van der Waals surface area contributed by atoms with Crippen molar-refractivity contribution in [2.24, 2.45) is 11.7 Å². The topological polar surface area (TPSA) is 234 Å². The van der Waals surface area contributed by atoms with E-state index in [0.29, 0.717) is 17.7 Å². The van der Waals surface area contributed by atoms with Gasteiger partial charge in [-0.2, -0.15) is 22.7 Å². The highest BCUT2D eigenvalue weighted by atomic mass is 19.4. The number of alkyl halides is 3. The lowest BCUT2D eigenvalue weighted by molar-refractivity contribution is -0.139. The van der Waals surface area contributed by atoms with Gasteiger partial charge in [-0.1, -0.05) is 57.2 Å². The van der Waals surface area contributed by atoms with Crippen molar-refractivity contribution in [3.8, 4) is 5.75 Å². The monoisotopic (exact) mass is 955 g/mol. The van der Waals surface area contributed by atoms with Crippen molar-refractivity contribution in [2.45, 2.75) is 84.3 Å². The number of pyridine rings is 1. The van der Waals surface area contributed by atoms with Crippen LogP contribution in [0.2, 0.25) is 0 Å². The van der Waals surface area contributed by atoms with Crippen LogP contribution in [0, 0.1) is 12.8 Å². The Morgan fingerprint density at radius 3 is 2.30 bits per heavy atom. The molecule has 3 atom stereocenters. The van der Waals surface area contributed by atoms with Crippen molar-refractivity contribution in [1.29, 1.82) is 0 Å². The predicted molar refractivity (Wildman–Crippen MR) is 250 cm³/mol. The highest BCUT2D eigenvalue weighted by Gasteiger charge is 2.35. The summed E-state index contributed by atoms with van der Waals surface area (Å²) in [5.41, 5.74) is 7.15. The quantitative estimate of drug-likeness (QED) is 0.101. The van der Waals surface area contributed by atoms with Gasteiger partial charge in [0, 0.05) is 57.2 Å². The number of hydrogen-bond donors (Lipinski definition) is 5. The lowest BCUT2D eigenvalue weighted by atomic mass is 9.99. The second-order valence-corrected chi connectivity index (χ2v) is 17.7. The number of aliphatic hydroxyl groups is 1. The summed E-state index contributed by atoms with van der Waals surface area (Å²) in [6.45, 7) is 7.68. The fourth-order valence-corrected chi connectivity index (χ4v) is 8.66. The summed E-state index contributed by atoms with van der Waals surface area (Å²) in [5, 5.41) is 31.2. The number of carbonyl (C=O) groups excluding carboxylic acids is 4. The molecule has 18 nitrogen and oxygen atoms in total. The van der Waals surface area contributed by atoms with Gasteiger partial charge in [-0.25, -0.2) is 4.98 Å². The molecule has 3 aromatic heterocycles. The Morgan fingerprint density at radius 1 is 0.957 bits per heavy atom. The van der Waals surface area contributed by atoms with Gasteiger partial charge in [-0.05, 0) is 85.6 Å². The second-order valence-electron chi connectivity index (χ2n) is 17.7. The highest BCUT2D eigenvalue weighted by molar-refractivity contribution is 5.95. The maximum absolute atomic E-state index is 14.6. The largest absolute Gasteiger partial charge is 0.505 e. The van der Waals surface area contributed by atoms with Gasteiger partial charge >= 0.3 is 6.18 Å². The highest BCUT2D eigenvalue weighted by Crippen LogP contribution is 2.32. The number of amides is 4. The van der Waals surface area contributed by atoms with E-state index >= 15 is 0 Å². The molecular weight excluding hydrogens is 900 g/mol. The van der Waals surface area contributed by atoms with Crippen LogP contribution in [0.1, 0.15) is 72.3 Å². The molecule has 4 amide bonds. The van der Waals surface area contributed by atoms with Crippen LogP contribution in [0.3, 0.4) is 0 Å². The van der Waals surface area contributed by atoms with Crippen molar-refractivity contribution >= 4 is 46.4 Å². The average molecular weight is 956 g/mol. The first-order chi connectivity index (χ1) is 32.8. The standard InChI is InChI=1S/C48H56F3N11O7/c1-5-36-40(58-20-22-60(23-21-58)45(68)39-37(63)12-9-17-53-39)46(69)62-47(61(36)27-38(64)54-34-14-13-32(25-29(34)4)48(49,50)51)56-42(57-62)31-15-18-59(19-16-31)44(67)35(24-28(2)3)55-43(66)41(65)33(52)26-30-10-7-6-8-11-30/h6-15,17,25,28,33,35,41,63,65H,5,16,18-24,26-27,52H2,1-4H3,(H,54,64)(H,55,66)/t33-,35+,41+/m1/s1. The molecule has 0 saturated carbocycles. The van der Waals surface area contributed by atoms with Gasteiger partial charge in [0.1, 0.15) is 30.1 Å². The van der Waals surface area contributed by atoms with Crippen LogP contribution in [0.4, 0.5) is 24.5 Å². The molecule has 0 aliphatic carbocycles. The molecule has 1 fully saturated rings. The third-order valence-electron chi connectivity index (χ3n) is 12.3. The molecule has 1 saturated heterocycles. The predicted octanol–water partition coefficient (Wildman–Crippen LogP) is 3.56. The number of benzene rings is 2. The zero-order chi connectivity index (χ0) is 49.7. The molecule has 2 aliphatic heterocycles. The van der Waals surface area contributed by atoms with Gasteiger partial charge in [-0.15, -0.1) is 5.10 Å².